The molecule has 0 heterocycles. The van der Waals surface area contributed by atoms with Gasteiger partial charge >= 0.3 is 0 Å². The van der Waals surface area contributed by atoms with Crippen LogP contribution in [-0.4, -0.2) is 50.8 Å². The SMILES string of the molecule is CN(C)CCCOc1ccccc1/C=N\CC(N)=O. The molecule has 0 aromatic heterocycles. The van der Waals surface area contributed by atoms with Gasteiger partial charge in [-0.25, -0.2) is 0 Å². The van der Waals surface area contributed by atoms with Crippen molar-refractivity contribution in [2.24, 2.45) is 10.7 Å². The number of nitrogens with two attached hydrogens (primary N) is 1. The molecule has 0 bridgehead atoms. The zero-order valence-electron chi connectivity index (χ0n) is 11.5. The van der Waals surface area contributed by atoms with E-state index in [1.807, 2.05) is 38.4 Å². The van der Waals surface area contributed by atoms with E-state index in [0.29, 0.717) is 6.61 Å². The summed E-state index contributed by atoms with van der Waals surface area (Å²) in [6, 6.07) is 7.60. The minimum absolute atomic E-state index is 0.00500. The van der Waals surface area contributed by atoms with Gasteiger partial charge in [0.25, 0.3) is 0 Å². The summed E-state index contributed by atoms with van der Waals surface area (Å²) in [5, 5.41) is 0. The Kier molecular flexibility index (Phi) is 6.60. The van der Waals surface area contributed by atoms with Gasteiger partial charge < -0.3 is 15.4 Å². The molecule has 0 radical (unpaired) electrons. The Balaban J connectivity index is 2.53. The summed E-state index contributed by atoms with van der Waals surface area (Å²) in [4.78, 5) is 16.7. The van der Waals surface area contributed by atoms with E-state index in [1.165, 1.54) is 0 Å². The number of carbonyl (C=O) groups is 1. The van der Waals surface area contributed by atoms with Crippen LogP contribution in [0.25, 0.3) is 0 Å². The van der Waals surface area contributed by atoms with Crippen LogP contribution in [0.5, 0.6) is 5.75 Å². The van der Waals surface area contributed by atoms with E-state index in [1.54, 1.807) is 6.21 Å². The third-order valence-corrected chi connectivity index (χ3v) is 2.40. The van der Waals surface area contributed by atoms with Crippen molar-refractivity contribution in [3.8, 4) is 5.75 Å². The molecule has 0 aliphatic rings. The standard InChI is InChI=1S/C14H21N3O2/c1-17(2)8-5-9-19-13-7-4-3-6-12(13)10-16-11-14(15)18/h3-4,6-7,10H,5,8-9,11H2,1-2H3,(H2,15,18)/b16-10-. The van der Waals surface area contributed by atoms with Crippen LogP contribution in [-0.2, 0) is 4.79 Å². The van der Waals surface area contributed by atoms with Crippen molar-refractivity contribution in [1.82, 2.24) is 4.90 Å². The van der Waals surface area contributed by atoms with Gasteiger partial charge in [-0.15, -0.1) is 0 Å². The molecule has 0 aliphatic carbocycles. The van der Waals surface area contributed by atoms with Crippen LogP contribution in [0.4, 0.5) is 0 Å². The highest BCUT2D eigenvalue weighted by Crippen LogP contribution is 2.16. The topological polar surface area (TPSA) is 67.9 Å². The molecule has 104 valence electrons. The fourth-order valence-electron chi connectivity index (χ4n) is 1.52. The average Bonchev–Trinajstić information content (AvgIpc) is 2.35. The molecule has 0 spiro atoms. The number of ether oxygens (including phenoxy) is 1. The van der Waals surface area contributed by atoms with Gasteiger partial charge in [0.15, 0.2) is 0 Å². The maximum absolute atomic E-state index is 10.6. The predicted molar refractivity (Wildman–Crippen MR) is 76.8 cm³/mol. The van der Waals surface area contributed by atoms with Gasteiger partial charge in [0.1, 0.15) is 12.3 Å². The minimum Gasteiger partial charge on any atom is -0.493 e. The van der Waals surface area contributed by atoms with Gasteiger partial charge in [0, 0.05) is 18.3 Å². The summed E-state index contributed by atoms with van der Waals surface area (Å²) in [5.41, 5.74) is 5.89. The largest absolute Gasteiger partial charge is 0.493 e. The van der Waals surface area contributed by atoms with Gasteiger partial charge in [0.2, 0.25) is 5.91 Å². The summed E-state index contributed by atoms with van der Waals surface area (Å²) in [5.74, 6) is 0.329. The Morgan fingerprint density at radius 1 is 1.42 bits per heavy atom. The summed E-state index contributed by atoms with van der Waals surface area (Å²) in [6.45, 7) is 1.63. The lowest BCUT2D eigenvalue weighted by Crippen LogP contribution is -2.16. The van der Waals surface area contributed by atoms with Crippen LogP contribution in [0.3, 0.4) is 0 Å². The molecule has 0 unspecified atom stereocenters. The highest BCUT2D eigenvalue weighted by atomic mass is 16.5. The van der Waals surface area contributed by atoms with Gasteiger partial charge in [-0.3, -0.25) is 9.79 Å². The lowest BCUT2D eigenvalue weighted by atomic mass is 10.2. The molecule has 1 amide bonds. The van der Waals surface area contributed by atoms with Crippen LogP contribution in [0.1, 0.15) is 12.0 Å². The second kappa shape index (κ2) is 8.26. The maximum Gasteiger partial charge on any atom is 0.239 e. The number of rotatable bonds is 8. The Morgan fingerprint density at radius 3 is 2.84 bits per heavy atom. The molecule has 1 aromatic carbocycles. The molecule has 0 atom stereocenters. The summed E-state index contributed by atoms with van der Waals surface area (Å²) >= 11 is 0. The lowest BCUT2D eigenvalue weighted by Gasteiger charge is -2.11. The van der Waals surface area contributed by atoms with Crippen LogP contribution in [0.2, 0.25) is 0 Å². The van der Waals surface area contributed by atoms with Gasteiger partial charge in [-0.05, 0) is 32.6 Å². The van der Waals surface area contributed by atoms with Crippen molar-refractivity contribution < 1.29 is 9.53 Å². The van der Waals surface area contributed by atoms with E-state index < -0.39 is 5.91 Å². The van der Waals surface area contributed by atoms with E-state index in [0.717, 1.165) is 24.3 Å². The smallest absolute Gasteiger partial charge is 0.239 e. The quantitative estimate of drug-likeness (QED) is 0.560. The van der Waals surface area contributed by atoms with Crippen LogP contribution < -0.4 is 10.5 Å². The number of hydrogen-bond acceptors (Lipinski definition) is 4. The molecule has 0 saturated carbocycles. The van der Waals surface area contributed by atoms with E-state index in [-0.39, 0.29) is 6.54 Å². The van der Waals surface area contributed by atoms with E-state index >= 15 is 0 Å². The zero-order valence-corrected chi connectivity index (χ0v) is 11.5. The van der Waals surface area contributed by atoms with E-state index in [2.05, 4.69) is 9.89 Å². The molecule has 5 nitrogen and oxygen atoms in total. The fraction of sp³-hybridized carbons (Fsp3) is 0.429. The van der Waals surface area contributed by atoms with Crippen LogP contribution in [0, 0.1) is 0 Å². The maximum atomic E-state index is 10.6. The molecule has 5 heteroatoms. The Morgan fingerprint density at radius 2 is 2.16 bits per heavy atom. The van der Waals surface area contributed by atoms with Gasteiger partial charge in [0.05, 0.1) is 6.61 Å². The minimum atomic E-state index is -0.444. The molecule has 1 aromatic rings. The second-order valence-corrected chi connectivity index (χ2v) is 4.48. The summed E-state index contributed by atoms with van der Waals surface area (Å²) in [6.07, 6.45) is 2.58. The van der Waals surface area contributed by atoms with Crippen molar-refractivity contribution in [1.29, 1.82) is 0 Å². The molecule has 0 aliphatic heterocycles. The third-order valence-electron chi connectivity index (χ3n) is 2.40. The van der Waals surface area contributed by atoms with Crippen LogP contribution >= 0.6 is 0 Å². The number of amides is 1. The molecular weight excluding hydrogens is 242 g/mol. The zero-order chi connectivity index (χ0) is 14.1. The van der Waals surface area contributed by atoms with Gasteiger partial charge in [-0.2, -0.15) is 0 Å². The van der Waals surface area contributed by atoms with Crippen molar-refractivity contribution >= 4 is 12.1 Å². The predicted octanol–water partition coefficient (Wildman–Crippen LogP) is 0.921. The molecule has 0 fully saturated rings. The first kappa shape index (κ1) is 15.2. The molecule has 2 N–H and O–H groups in total. The molecular formula is C14H21N3O2. The normalized spacial score (nSPS) is 11.1. The first-order chi connectivity index (χ1) is 9.09. The van der Waals surface area contributed by atoms with E-state index in [9.17, 15) is 4.79 Å². The van der Waals surface area contributed by atoms with Gasteiger partial charge in [-0.1, -0.05) is 12.1 Å². The highest BCUT2D eigenvalue weighted by Gasteiger charge is 2.00. The third kappa shape index (κ3) is 6.57. The van der Waals surface area contributed by atoms with E-state index in [4.69, 9.17) is 10.5 Å². The molecule has 0 saturated heterocycles. The molecule has 19 heavy (non-hydrogen) atoms. The number of nitrogens with zero attached hydrogens (tertiary/aromatic N) is 2. The average molecular weight is 263 g/mol. The highest BCUT2D eigenvalue weighted by molar-refractivity contribution is 5.86. The Labute approximate surface area is 114 Å². The van der Waals surface area contributed by atoms with Crippen molar-refractivity contribution in [2.45, 2.75) is 6.42 Å². The molecule has 1 rings (SSSR count). The number of primary amides is 1. The fourth-order valence-corrected chi connectivity index (χ4v) is 1.52. The lowest BCUT2D eigenvalue weighted by molar-refractivity contribution is -0.116. The summed E-state index contributed by atoms with van der Waals surface area (Å²) < 4.78 is 5.71. The number of para-hydroxylation sites is 1. The van der Waals surface area contributed by atoms with Crippen LogP contribution in [0.15, 0.2) is 29.3 Å². The van der Waals surface area contributed by atoms with Crippen molar-refractivity contribution in [3.05, 3.63) is 29.8 Å². The second-order valence-electron chi connectivity index (χ2n) is 4.48. The Hall–Kier alpha value is -1.88. The number of carbonyl (C=O) groups excluding carboxylic acids is 1. The monoisotopic (exact) mass is 263 g/mol. The van der Waals surface area contributed by atoms with Crippen molar-refractivity contribution in [3.63, 3.8) is 0 Å². The number of benzene rings is 1. The van der Waals surface area contributed by atoms with Crippen molar-refractivity contribution in [2.75, 3.05) is 33.8 Å². The first-order valence-electron chi connectivity index (χ1n) is 6.24. The number of hydrogen-bond donors (Lipinski definition) is 1. The summed E-state index contributed by atoms with van der Waals surface area (Å²) in [7, 11) is 4.06. The first-order valence-corrected chi connectivity index (χ1v) is 6.24. The Bertz CT molecular complexity index is 430. The number of aliphatic imine (C=N–C) groups is 1.